The van der Waals surface area contributed by atoms with Gasteiger partial charge >= 0.3 is 0 Å². The van der Waals surface area contributed by atoms with E-state index in [0.717, 1.165) is 10.4 Å². The molecular formula is C19H19F2N3Si. The maximum atomic E-state index is 13.5. The summed E-state index contributed by atoms with van der Waals surface area (Å²) >= 11 is 0. The Labute approximate surface area is 146 Å². The third-order valence-electron chi connectivity index (χ3n) is 4.73. The van der Waals surface area contributed by atoms with Gasteiger partial charge in [0.05, 0.1) is 5.67 Å². The molecule has 0 aliphatic carbocycles. The zero-order valence-corrected chi connectivity index (χ0v) is 14.9. The molecule has 1 heterocycles. The van der Waals surface area contributed by atoms with Gasteiger partial charge in [-0.2, -0.15) is 5.10 Å². The van der Waals surface area contributed by atoms with Crippen LogP contribution in [0.2, 0.25) is 6.04 Å². The summed E-state index contributed by atoms with van der Waals surface area (Å²) in [5.74, 6) is -0.560. The molecule has 0 aliphatic heterocycles. The molecule has 0 amide bonds. The van der Waals surface area contributed by atoms with Crippen LogP contribution in [0.3, 0.4) is 0 Å². The number of aromatic nitrogens is 3. The van der Waals surface area contributed by atoms with E-state index >= 15 is 0 Å². The molecular weight excluding hydrogens is 336 g/mol. The second-order valence-electron chi connectivity index (χ2n) is 6.03. The number of benzene rings is 2. The summed E-state index contributed by atoms with van der Waals surface area (Å²) in [4.78, 5) is 4.06. The minimum Gasteiger partial charge on any atom is -0.252 e. The first-order valence-electron chi connectivity index (χ1n) is 8.05. The number of hydrogen-bond donors (Lipinski definition) is 0. The first kappa shape index (κ1) is 17.2. The van der Waals surface area contributed by atoms with Crippen molar-refractivity contribution < 1.29 is 8.78 Å². The number of halogens is 2. The predicted octanol–water partition coefficient (Wildman–Crippen LogP) is 3.11. The molecule has 128 valence electrons. The van der Waals surface area contributed by atoms with Gasteiger partial charge < -0.3 is 0 Å². The van der Waals surface area contributed by atoms with Crippen LogP contribution < -0.4 is 10.4 Å². The van der Waals surface area contributed by atoms with Gasteiger partial charge in [0.15, 0.2) is 0 Å². The van der Waals surface area contributed by atoms with E-state index in [0.29, 0.717) is 6.04 Å². The molecule has 0 spiro atoms. The minimum absolute atomic E-state index is 0.0103. The average molecular weight is 355 g/mol. The van der Waals surface area contributed by atoms with Crippen LogP contribution in [0, 0.1) is 11.6 Å². The van der Waals surface area contributed by atoms with Gasteiger partial charge in [-0.05, 0) is 37.2 Å². The normalized spacial score (nSPS) is 12.8. The molecule has 1 aromatic heterocycles. The van der Waals surface area contributed by atoms with Gasteiger partial charge in [-0.3, -0.25) is 4.68 Å². The number of allylic oxidation sites excluding steroid dienone is 1. The van der Waals surface area contributed by atoms with Gasteiger partial charge in [0, 0.05) is 0 Å². The van der Waals surface area contributed by atoms with E-state index in [1.807, 2.05) is 35.0 Å². The van der Waals surface area contributed by atoms with E-state index in [9.17, 15) is 8.78 Å². The molecule has 0 saturated carbocycles. The molecule has 0 fully saturated rings. The van der Waals surface area contributed by atoms with Crippen molar-refractivity contribution in [3.05, 3.63) is 85.5 Å². The quantitative estimate of drug-likeness (QED) is 0.502. The zero-order valence-electron chi connectivity index (χ0n) is 13.9. The topological polar surface area (TPSA) is 30.7 Å². The fourth-order valence-electron chi connectivity index (χ4n) is 3.42. The van der Waals surface area contributed by atoms with E-state index in [-0.39, 0.29) is 17.3 Å². The summed E-state index contributed by atoms with van der Waals surface area (Å²) in [5.41, 5.74) is -0.0103. The van der Waals surface area contributed by atoms with Crippen LogP contribution in [0.15, 0.2) is 73.8 Å². The molecule has 25 heavy (non-hydrogen) atoms. The molecule has 1 unspecified atom stereocenters. The third kappa shape index (κ3) is 3.17. The summed E-state index contributed by atoms with van der Waals surface area (Å²) in [7, 11) is -2.49. The number of rotatable bonds is 6. The van der Waals surface area contributed by atoms with Crippen LogP contribution in [-0.2, 0) is 0 Å². The Bertz CT molecular complexity index is 785. The van der Waals surface area contributed by atoms with Gasteiger partial charge in [-0.15, -0.1) is 6.58 Å². The molecule has 0 bridgehead atoms. The van der Waals surface area contributed by atoms with Crippen LogP contribution in [0.4, 0.5) is 8.78 Å². The smallest absolute Gasteiger partial charge is 0.147 e. The molecule has 0 saturated heterocycles. The first-order valence-corrected chi connectivity index (χ1v) is 10.3. The van der Waals surface area contributed by atoms with Gasteiger partial charge in [0.1, 0.15) is 32.4 Å². The summed E-state index contributed by atoms with van der Waals surface area (Å²) < 4.78 is 28.8. The van der Waals surface area contributed by atoms with Crippen LogP contribution in [0.25, 0.3) is 0 Å². The van der Waals surface area contributed by atoms with Crippen molar-refractivity contribution in [2.45, 2.75) is 18.6 Å². The second-order valence-corrected chi connectivity index (χ2v) is 10.4. The monoisotopic (exact) mass is 355 g/mol. The maximum Gasteiger partial charge on any atom is 0.147 e. The van der Waals surface area contributed by atoms with Crippen LogP contribution in [0.5, 0.6) is 0 Å². The molecule has 3 aromatic rings. The molecule has 3 rings (SSSR count). The fourth-order valence-corrected chi connectivity index (χ4v) is 8.09. The number of nitrogens with zero attached hydrogens (tertiary/aromatic N) is 3. The van der Waals surface area contributed by atoms with E-state index in [1.54, 1.807) is 6.33 Å². The number of hydrogen-bond acceptors (Lipinski definition) is 2. The van der Waals surface area contributed by atoms with Crippen molar-refractivity contribution in [3.63, 3.8) is 0 Å². The van der Waals surface area contributed by atoms with Gasteiger partial charge in [-0.25, -0.2) is 13.8 Å². The van der Waals surface area contributed by atoms with E-state index in [2.05, 4.69) is 23.6 Å². The highest BCUT2D eigenvalue weighted by atomic mass is 28.3. The summed E-state index contributed by atoms with van der Waals surface area (Å²) in [6.07, 6.45) is 5.06. The fraction of sp³-hybridized carbons (Fsp3) is 0.158. The third-order valence-corrected chi connectivity index (χ3v) is 10.1. The highest BCUT2D eigenvalue weighted by molar-refractivity contribution is 7.03. The molecule has 3 nitrogen and oxygen atoms in total. The largest absolute Gasteiger partial charge is 0.252 e. The Balaban J connectivity index is 2.25. The Hall–Kier alpha value is -2.60. The summed E-state index contributed by atoms with van der Waals surface area (Å²) in [6, 6.07) is 13.9. The lowest BCUT2D eigenvalue weighted by Gasteiger charge is -2.37. The van der Waals surface area contributed by atoms with Crippen molar-refractivity contribution in [1.82, 2.24) is 14.8 Å². The Kier molecular flexibility index (Phi) is 4.90. The second kappa shape index (κ2) is 7.10. The molecule has 0 N–H and O–H groups in total. The van der Waals surface area contributed by atoms with E-state index in [1.165, 1.54) is 30.6 Å². The van der Waals surface area contributed by atoms with Crippen LogP contribution in [0.1, 0.15) is 12.6 Å². The Morgan fingerprint density at radius 2 is 1.56 bits per heavy atom. The standard InChI is InChI=1S/C19H19F2N3Si/c1-3-12-25(15(2)24-14-22-13-23-24,18-8-4-16(20)5-9-18)19-10-6-17(21)7-11-19/h3-11,13-15H,1,12H2,2H3. The zero-order chi connectivity index (χ0) is 17.9. The molecule has 2 aromatic carbocycles. The van der Waals surface area contributed by atoms with Crippen LogP contribution in [-0.4, -0.2) is 22.8 Å². The summed E-state index contributed by atoms with van der Waals surface area (Å²) in [5, 5.41) is 6.40. The van der Waals surface area contributed by atoms with E-state index in [4.69, 9.17) is 0 Å². The van der Waals surface area contributed by atoms with Crippen LogP contribution >= 0.6 is 0 Å². The maximum absolute atomic E-state index is 13.5. The highest BCUT2D eigenvalue weighted by Gasteiger charge is 2.43. The van der Waals surface area contributed by atoms with Gasteiger partial charge in [-0.1, -0.05) is 40.7 Å². The average Bonchev–Trinajstić information content (AvgIpc) is 3.15. The SMILES string of the molecule is C=CC[Si](c1ccc(F)cc1)(c1ccc(F)cc1)C(C)n1cncn1. The predicted molar refractivity (Wildman–Crippen MR) is 97.6 cm³/mol. The van der Waals surface area contributed by atoms with Crippen molar-refractivity contribution in [2.75, 3.05) is 0 Å². The highest BCUT2D eigenvalue weighted by Crippen LogP contribution is 2.25. The minimum atomic E-state index is -2.49. The lowest BCUT2D eigenvalue weighted by atomic mass is 10.3. The van der Waals surface area contributed by atoms with Crippen molar-refractivity contribution >= 4 is 18.4 Å². The lowest BCUT2D eigenvalue weighted by molar-refractivity contribution is 0.611. The van der Waals surface area contributed by atoms with E-state index < -0.39 is 8.07 Å². The van der Waals surface area contributed by atoms with Crippen molar-refractivity contribution in [3.8, 4) is 0 Å². The lowest BCUT2D eigenvalue weighted by Crippen LogP contribution is -2.63. The Morgan fingerprint density at radius 3 is 1.96 bits per heavy atom. The summed E-state index contributed by atoms with van der Waals surface area (Å²) in [6.45, 7) is 6.02. The van der Waals surface area contributed by atoms with Gasteiger partial charge in [0.2, 0.25) is 0 Å². The van der Waals surface area contributed by atoms with Crippen molar-refractivity contribution in [1.29, 1.82) is 0 Å². The molecule has 1 atom stereocenters. The molecule has 0 radical (unpaired) electrons. The molecule has 6 heteroatoms. The van der Waals surface area contributed by atoms with Gasteiger partial charge in [0.25, 0.3) is 0 Å². The molecule has 0 aliphatic rings. The Morgan fingerprint density at radius 1 is 1.04 bits per heavy atom. The first-order chi connectivity index (χ1) is 12.1. The van der Waals surface area contributed by atoms with Crippen molar-refractivity contribution in [2.24, 2.45) is 0 Å².